The van der Waals surface area contributed by atoms with E-state index >= 15 is 0 Å². The molecule has 0 saturated heterocycles. The number of amides is 1. The average molecular weight is 486 g/mol. The Morgan fingerprint density at radius 1 is 1.11 bits per heavy atom. The van der Waals surface area contributed by atoms with E-state index in [0.717, 1.165) is 28.8 Å². The highest BCUT2D eigenvalue weighted by Gasteiger charge is 2.27. The highest BCUT2D eigenvalue weighted by Crippen LogP contribution is 2.25. The monoisotopic (exact) mass is 486 g/mol. The third-order valence-electron chi connectivity index (χ3n) is 4.32. The Hall–Kier alpha value is -1.77. The van der Waals surface area contributed by atoms with Gasteiger partial charge in [-0.1, -0.05) is 18.2 Å². The van der Waals surface area contributed by atoms with E-state index in [-0.39, 0.29) is 29.9 Å². The van der Waals surface area contributed by atoms with E-state index in [9.17, 15) is 4.79 Å². The van der Waals surface area contributed by atoms with Crippen LogP contribution in [-0.4, -0.2) is 31.5 Å². The molecule has 27 heavy (non-hydrogen) atoms. The lowest BCUT2D eigenvalue weighted by Crippen LogP contribution is -2.47. The molecule has 0 aliphatic heterocycles. The number of aliphatic imine (C=N–C) groups is 1. The van der Waals surface area contributed by atoms with Gasteiger partial charge in [-0.05, 0) is 40.7 Å². The van der Waals surface area contributed by atoms with Crippen molar-refractivity contribution in [2.45, 2.75) is 41.2 Å². The summed E-state index contributed by atoms with van der Waals surface area (Å²) in [5, 5.41) is 10.5. The Kier molecular flexibility index (Phi) is 9.08. The Balaban J connectivity index is 0.00000364. The second-order valence-electron chi connectivity index (χ2n) is 6.94. The van der Waals surface area contributed by atoms with Crippen molar-refractivity contribution in [3.8, 4) is 0 Å². The molecule has 1 heterocycles. The smallest absolute Gasteiger partial charge is 0.227 e. The van der Waals surface area contributed by atoms with Gasteiger partial charge in [-0.2, -0.15) is 0 Å². The summed E-state index contributed by atoms with van der Waals surface area (Å²) in [7, 11) is 0. The number of aryl methyl sites for hydroxylation is 1. The number of furan rings is 1. The molecular formula is C20H31IN4O2. The Bertz CT molecular complexity index is 783. The number of guanidine groups is 1. The van der Waals surface area contributed by atoms with Gasteiger partial charge in [0.1, 0.15) is 17.9 Å². The van der Waals surface area contributed by atoms with Crippen molar-refractivity contribution in [2.24, 2.45) is 10.4 Å². The first kappa shape index (κ1) is 23.3. The minimum absolute atomic E-state index is 0. The zero-order valence-corrected chi connectivity index (χ0v) is 19.1. The Morgan fingerprint density at radius 3 is 2.41 bits per heavy atom. The lowest BCUT2D eigenvalue weighted by atomic mass is 9.92. The lowest BCUT2D eigenvalue weighted by Gasteiger charge is -2.24. The van der Waals surface area contributed by atoms with E-state index < -0.39 is 5.41 Å². The molecule has 0 radical (unpaired) electrons. The molecule has 6 nitrogen and oxygen atoms in total. The number of hydrogen-bond donors (Lipinski definition) is 3. The molecule has 1 amide bonds. The van der Waals surface area contributed by atoms with Crippen LogP contribution in [0, 0.1) is 12.3 Å². The predicted molar refractivity (Wildman–Crippen MR) is 122 cm³/mol. The number of rotatable bonds is 7. The molecule has 2 rings (SSSR count). The van der Waals surface area contributed by atoms with Crippen molar-refractivity contribution in [3.05, 3.63) is 35.6 Å². The van der Waals surface area contributed by atoms with Crippen molar-refractivity contribution in [1.82, 2.24) is 16.0 Å². The van der Waals surface area contributed by atoms with Gasteiger partial charge in [0.05, 0.1) is 5.41 Å². The number of fused-ring (bicyclic) bond motifs is 1. The maximum absolute atomic E-state index is 12.1. The van der Waals surface area contributed by atoms with E-state index in [1.165, 1.54) is 0 Å². The normalized spacial score (nSPS) is 11.8. The maximum atomic E-state index is 12.1. The summed E-state index contributed by atoms with van der Waals surface area (Å²) < 4.78 is 5.92. The fraction of sp³-hybridized carbons (Fsp3) is 0.500. The van der Waals surface area contributed by atoms with E-state index in [4.69, 9.17) is 4.42 Å². The highest BCUT2D eigenvalue weighted by molar-refractivity contribution is 14.0. The van der Waals surface area contributed by atoms with Crippen LogP contribution < -0.4 is 16.0 Å². The van der Waals surface area contributed by atoms with E-state index in [0.29, 0.717) is 25.6 Å². The van der Waals surface area contributed by atoms with Gasteiger partial charge >= 0.3 is 0 Å². The quantitative estimate of drug-likeness (QED) is 0.318. The average Bonchev–Trinajstić information content (AvgIpc) is 2.94. The van der Waals surface area contributed by atoms with Crippen molar-refractivity contribution < 1.29 is 9.21 Å². The summed E-state index contributed by atoms with van der Waals surface area (Å²) >= 11 is 0. The molecule has 1 aromatic heterocycles. The van der Waals surface area contributed by atoms with Crippen molar-refractivity contribution in [2.75, 3.05) is 19.6 Å². The first-order valence-corrected chi connectivity index (χ1v) is 9.16. The molecule has 0 spiro atoms. The molecule has 0 fully saturated rings. The largest absolute Gasteiger partial charge is 0.459 e. The van der Waals surface area contributed by atoms with Gasteiger partial charge in [-0.3, -0.25) is 4.79 Å². The number of hydrogen-bond acceptors (Lipinski definition) is 3. The standard InChI is InChI=1S/C20H30N4O2.HI/c1-6-21-18(25)20(4,5)13-24-19(22-7-2)23-12-17-14(3)15-10-8-9-11-16(15)26-17;/h8-11H,6-7,12-13H2,1-5H3,(H,21,25)(H2,22,23,24);1H. The minimum Gasteiger partial charge on any atom is -0.459 e. The van der Waals surface area contributed by atoms with Crippen LogP contribution >= 0.6 is 24.0 Å². The molecule has 2 aromatic rings. The summed E-state index contributed by atoms with van der Waals surface area (Å²) in [4.78, 5) is 16.7. The van der Waals surface area contributed by atoms with Gasteiger partial charge in [-0.15, -0.1) is 24.0 Å². The van der Waals surface area contributed by atoms with Crippen LogP contribution in [0.3, 0.4) is 0 Å². The van der Waals surface area contributed by atoms with Crippen LogP contribution in [0.2, 0.25) is 0 Å². The summed E-state index contributed by atoms with van der Waals surface area (Å²) in [6.45, 7) is 12.1. The van der Waals surface area contributed by atoms with Crippen LogP contribution in [0.4, 0.5) is 0 Å². The fourth-order valence-electron chi connectivity index (χ4n) is 2.65. The SMILES string of the molecule is CCNC(=O)C(C)(C)CNC(=NCc1oc2ccccc2c1C)NCC.I. The van der Waals surface area contributed by atoms with Gasteiger partial charge in [0.25, 0.3) is 0 Å². The third-order valence-corrected chi connectivity index (χ3v) is 4.32. The highest BCUT2D eigenvalue weighted by atomic mass is 127. The van der Waals surface area contributed by atoms with Gasteiger partial charge < -0.3 is 20.4 Å². The van der Waals surface area contributed by atoms with E-state index in [1.807, 2.05) is 45.9 Å². The number of para-hydroxylation sites is 1. The number of benzene rings is 1. The summed E-state index contributed by atoms with van der Waals surface area (Å²) in [6, 6.07) is 7.99. The van der Waals surface area contributed by atoms with Crippen LogP contribution in [-0.2, 0) is 11.3 Å². The third kappa shape index (κ3) is 6.12. The molecule has 3 N–H and O–H groups in total. The molecule has 0 aliphatic carbocycles. The minimum atomic E-state index is -0.526. The summed E-state index contributed by atoms with van der Waals surface area (Å²) in [6.07, 6.45) is 0. The van der Waals surface area contributed by atoms with Gasteiger partial charge in [0.2, 0.25) is 5.91 Å². The fourth-order valence-corrected chi connectivity index (χ4v) is 2.65. The molecule has 0 aliphatic rings. The molecule has 0 saturated carbocycles. The zero-order chi connectivity index (χ0) is 19.2. The summed E-state index contributed by atoms with van der Waals surface area (Å²) in [5.41, 5.74) is 1.47. The van der Waals surface area contributed by atoms with Gasteiger partial charge in [-0.25, -0.2) is 4.99 Å². The Labute approximate surface area is 178 Å². The van der Waals surface area contributed by atoms with Crippen molar-refractivity contribution in [1.29, 1.82) is 0 Å². The van der Waals surface area contributed by atoms with Crippen LogP contribution in [0.15, 0.2) is 33.7 Å². The number of nitrogens with zero attached hydrogens (tertiary/aromatic N) is 1. The van der Waals surface area contributed by atoms with Crippen molar-refractivity contribution in [3.63, 3.8) is 0 Å². The first-order valence-electron chi connectivity index (χ1n) is 9.16. The number of carbonyl (C=O) groups excluding carboxylic acids is 1. The molecule has 1 aromatic carbocycles. The molecular weight excluding hydrogens is 455 g/mol. The number of carbonyl (C=O) groups is 1. The van der Waals surface area contributed by atoms with E-state index in [2.05, 4.69) is 33.9 Å². The molecule has 150 valence electrons. The molecule has 7 heteroatoms. The lowest BCUT2D eigenvalue weighted by molar-refractivity contribution is -0.128. The van der Waals surface area contributed by atoms with Gasteiger partial charge in [0.15, 0.2) is 5.96 Å². The van der Waals surface area contributed by atoms with Crippen LogP contribution in [0.1, 0.15) is 39.0 Å². The number of halogens is 1. The van der Waals surface area contributed by atoms with Crippen LogP contribution in [0.25, 0.3) is 11.0 Å². The van der Waals surface area contributed by atoms with Gasteiger partial charge in [0, 0.05) is 30.6 Å². The van der Waals surface area contributed by atoms with Crippen LogP contribution in [0.5, 0.6) is 0 Å². The maximum Gasteiger partial charge on any atom is 0.227 e. The second kappa shape index (κ2) is 10.5. The van der Waals surface area contributed by atoms with Crippen molar-refractivity contribution >= 4 is 46.8 Å². The first-order chi connectivity index (χ1) is 12.4. The predicted octanol–water partition coefficient (Wildman–Crippen LogP) is 3.58. The van der Waals surface area contributed by atoms with E-state index in [1.54, 1.807) is 0 Å². The number of nitrogens with one attached hydrogen (secondary N) is 3. The molecule has 0 bridgehead atoms. The topological polar surface area (TPSA) is 78.7 Å². The zero-order valence-electron chi connectivity index (χ0n) is 16.8. The molecule has 0 atom stereocenters. The Morgan fingerprint density at radius 2 is 1.78 bits per heavy atom. The second-order valence-corrected chi connectivity index (χ2v) is 6.94. The molecule has 0 unspecified atom stereocenters. The summed E-state index contributed by atoms with van der Waals surface area (Å²) in [5.74, 6) is 1.55.